The van der Waals surface area contributed by atoms with Gasteiger partial charge in [0.15, 0.2) is 34.5 Å². The Hall–Kier alpha value is -5.20. The van der Waals surface area contributed by atoms with Gasteiger partial charge in [-0.15, -0.1) is 0 Å². The highest BCUT2D eigenvalue weighted by Crippen LogP contribution is 2.50. The Morgan fingerprint density at radius 1 is 0.333 bits per heavy atom. The molecule has 2 aliphatic rings. The topological polar surface area (TPSA) is 99.6 Å². The number of nitrogens with zero attached hydrogens (tertiary/aromatic N) is 2. The third-order valence-electron chi connectivity index (χ3n) is 16.3. The van der Waals surface area contributed by atoms with Crippen molar-refractivity contribution in [1.29, 1.82) is 0 Å². The molecule has 0 bridgehead atoms. The van der Waals surface area contributed by atoms with Crippen molar-refractivity contribution in [1.82, 2.24) is 9.97 Å². The molecule has 460 valence electrons. The van der Waals surface area contributed by atoms with Gasteiger partial charge in [0, 0.05) is 44.1 Å². The first-order chi connectivity index (χ1) is 41.6. The molecule has 5 heterocycles. The van der Waals surface area contributed by atoms with Gasteiger partial charge in [-0.05, 0) is 62.1 Å². The molecule has 3 aromatic carbocycles. The second kappa shape index (κ2) is 37.4. The Morgan fingerprint density at radius 3 is 0.952 bits per heavy atom. The number of benzene rings is 3. The molecule has 0 unspecified atom stereocenters. The first-order valence-electron chi connectivity index (χ1n) is 33.5. The van der Waals surface area contributed by atoms with Gasteiger partial charge in [0.2, 0.25) is 10.1 Å². The lowest BCUT2D eigenvalue weighted by Crippen LogP contribution is -2.13. The molecule has 0 saturated carbocycles. The van der Waals surface area contributed by atoms with Crippen LogP contribution in [0.4, 0.5) is 0 Å². The van der Waals surface area contributed by atoms with Crippen LogP contribution in [0.25, 0.3) is 54.4 Å². The summed E-state index contributed by atoms with van der Waals surface area (Å²) in [5, 5.41) is 1.56. The first-order valence-corrected chi connectivity index (χ1v) is 35.2. The van der Waals surface area contributed by atoms with Crippen LogP contribution in [0.1, 0.15) is 233 Å². The van der Waals surface area contributed by atoms with Crippen molar-refractivity contribution in [3.63, 3.8) is 0 Å². The molecular weight excluding hydrogens is 1080 g/mol. The van der Waals surface area contributed by atoms with Crippen LogP contribution in [0.5, 0.6) is 44.6 Å². The van der Waals surface area contributed by atoms with Crippen LogP contribution in [0, 0.1) is 0 Å². The van der Waals surface area contributed by atoms with Gasteiger partial charge in [0.1, 0.15) is 26.4 Å². The van der Waals surface area contributed by atoms with Crippen molar-refractivity contribution in [3.8, 4) is 88.0 Å². The predicted molar refractivity (Wildman–Crippen MR) is 351 cm³/mol. The van der Waals surface area contributed by atoms with E-state index in [-0.39, 0.29) is 0 Å². The van der Waals surface area contributed by atoms with Crippen LogP contribution < -0.4 is 37.9 Å². The van der Waals surface area contributed by atoms with E-state index in [0.29, 0.717) is 52.9 Å². The molecule has 10 nitrogen and oxygen atoms in total. The molecule has 0 aliphatic carbocycles. The van der Waals surface area contributed by atoms with Crippen LogP contribution in [-0.4, -0.2) is 62.8 Å². The first kappa shape index (κ1) is 64.8. The van der Waals surface area contributed by atoms with Gasteiger partial charge in [-0.3, -0.25) is 0 Å². The molecule has 0 N–H and O–H groups in total. The molecule has 12 heteroatoms. The molecule has 6 aromatic rings. The average molecular weight is 1190 g/mol. The molecule has 84 heavy (non-hydrogen) atoms. The number of hydrogen-bond acceptors (Lipinski definition) is 12. The van der Waals surface area contributed by atoms with E-state index in [2.05, 4.69) is 88.4 Å². The lowest BCUT2D eigenvalue weighted by atomic mass is 10.00. The fraction of sp³-hybridized carbons (Fsp3) is 0.611. The normalized spacial score (nSPS) is 12.8. The summed E-state index contributed by atoms with van der Waals surface area (Å²) in [6.45, 7) is 13.7. The fourth-order valence-electron chi connectivity index (χ4n) is 11.3. The summed E-state index contributed by atoms with van der Waals surface area (Å²) in [5.74, 6) is 4.52. The zero-order valence-electron chi connectivity index (χ0n) is 52.0. The standard InChI is InChI=1S/C72H102N2O8S2/c1-5-9-13-17-21-25-29-33-43-75-59-41-37-55(51-61(59)77-45-35-31-27-23-19-15-11-7-3)67-68(56-38-42-60(76-44-34-30-26-22-18-14-10-6-2)62(52-56)78-46-36-32-28-24-20-16-12-8-4)74-70-58(66-54-64-72(84-66)82-50-48-80-64)40-39-57(69(70)73-67)65-53-63-71(83-65)81-49-47-79-63/h37-42,51-54H,5-36,43-50H2,1-4H3. The summed E-state index contributed by atoms with van der Waals surface area (Å²) < 4.78 is 51.5. The van der Waals surface area contributed by atoms with E-state index in [1.807, 2.05) is 0 Å². The Morgan fingerprint density at radius 2 is 0.631 bits per heavy atom. The van der Waals surface area contributed by atoms with Crippen molar-refractivity contribution >= 4 is 33.7 Å². The highest BCUT2D eigenvalue weighted by atomic mass is 32.1. The van der Waals surface area contributed by atoms with Crippen molar-refractivity contribution in [2.24, 2.45) is 0 Å². The van der Waals surface area contributed by atoms with Crippen LogP contribution in [0.2, 0.25) is 0 Å². The minimum absolute atomic E-state index is 0.513. The molecule has 3 aromatic heterocycles. The highest BCUT2D eigenvalue weighted by Gasteiger charge is 2.26. The van der Waals surface area contributed by atoms with E-state index >= 15 is 0 Å². The summed E-state index contributed by atoms with van der Waals surface area (Å²) in [4.78, 5) is 13.7. The SMILES string of the molecule is CCCCCCCCCCOc1ccc(-c2nc3c(-c4cc5c(s4)OCCO5)ccc(-c4cc5c(s4)OCCO5)c3nc2-c2ccc(OCCCCCCCCCC)c(OCCCCCCCCCC)c2)cc1OCCCCCCCCCC. The van der Waals surface area contributed by atoms with E-state index < -0.39 is 0 Å². The van der Waals surface area contributed by atoms with Crippen molar-refractivity contribution < 1.29 is 37.9 Å². The van der Waals surface area contributed by atoms with Crippen molar-refractivity contribution in [2.45, 2.75) is 233 Å². The number of unbranched alkanes of at least 4 members (excludes halogenated alkanes) is 28. The van der Waals surface area contributed by atoms with Gasteiger partial charge in [0.25, 0.3) is 0 Å². The molecule has 0 radical (unpaired) electrons. The second-order valence-corrected chi connectivity index (χ2v) is 25.3. The van der Waals surface area contributed by atoms with Gasteiger partial charge < -0.3 is 37.9 Å². The van der Waals surface area contributed by atoms with Gasteiger partial charge >= 0.3 is 0 Å². The van der Waals surface area contributed by atoms with Crippen LogP contribution in [0.15, 0.2) is 60.7 Å². The van der Waals surface area contributed by atoms with Gasteiger partial charge in [-0.25, -0.2) is 9.97 Å². The third-order valence-corrected chi connectivity index (χ3v) is 18.4. The smallest absolute Gasteiger partial charge is 0.217 e. The summed E-state index contributed by atoms with van der Waals surface area (Å²) in [6, 6.07) is 21.3. The van der Waals surface area contributed by atoms with E-state index in [1.165, 1.54) is 154 Å². The highest BCUT2D eigenvalue weighted by molar-refractivity contribution is 7.18. The maximum atomic E-state index is 6.82. The number of rotatable bonds is 44. The maximum absolute atomic E-state index is 6.82. The van der Waals surface area contributed by atoms with Crippen molar-refractivity contribution in [3.05, 3.63) is 60.7 Å². The molecule has 0 amide bonds. The van der Waals surface area contributed by atoms with E-state index in [4.69, 9.17) is 47.9 Å². The van der Waals surface area contributed by atoms with Crippen LogP contribution in [-0.2, 0) is 0 Å². The second-order valence-electron chi connectivity index (χ2n) is 23.3. The number of ether oxygens (including phenoxy) is 8. The molecule has 0 spiro atoms. The van der Waals surface area contributed by atoms with Crippen LogP contribution >= 0.6 is 22.7 Å². The fourth-order valence-corrected chi connectivity index (χ4v) is 13.3. The van der Waals surface area contributed by atoms with Gasteiger partial charge in [0.05, 0.1) is 48.8 Å². The van der Waals surface area contributed by atoms with Crippen LogP contribution in [0.3, 0.4) is 0 Å². The Balaban J connectivity index is 1.19. The monoisotopic (exact) mass is 1190 g/mol. The summed E-state index contributed by atoms with van der Waals surface area (Å²) in [5.41, 5.74) is 6.69. The minimum atomic E-state index is 0.513. The maximum Gasteiger partial charge on any atom is 0.217 e. The lowest BCUT2D eigenvalue weighted by molar-refractivity contribution is 0.178. The van der Waals surface area contributed by atoms with Gasteiger partial charge in [-0.1, -0.05) is 242 Å². The third kappa shape index (κ3) is 20.2. The summed E-state index contributed by atoms with van der Waals surface area (Å²) >= 11 is 3.17. The van der Waals surface area contributed by atoms with E-state index in [0.717, 1.165) is 150 Å². The molecular formula is C72H102N2O8S2. The Labute approximate surface area is 513 Å². The Bertz CT molecular complexity index is 2590. The zero-order chi connectivity index (χ0) is 58.2. The molecule has 0 atom stereocenters. The number of thiophene rings is 2. The number of aromatic nitrogens is 2. The predicted octanol–water partition coefficient (Wildman–Crippen LogP) is 22.0. The molecule has 2 aliphatic heterocycles. The number of hydrogen-bond donors (Lipinski definition) is 0. The van der Waals surface area contributed by atoms with Crippen molar-refractivity contribution in [2.75, 3.05) is 52.9 Å². The van der Waals surface area contributed by atoms with Gasteiger partial charge in [-0.2, -0.15) is 0 Å². The quantitative estimate of drug-likeness (QED) is 0.0344. The molecule has 8 rings (SSSR count). The van der Waals surface area contributed by atoms with E-state index in [9.17, 15) is 0 Å². The minimum Gasteiger partial charge on any atom is -0.490 e. The number of fused-ring (bicyclic) bond motifs is 3. The lowest BCUT2D eigenvalue weighted by Gasteiger charge is -2.18. The summed E-state index contributed by atoms with van der Waals surface area (Å²) in [6.07, 6.45) is 39.6. The molecule has 0 saturated heterocycles. The molecule has 0 fully saturated rings. The Kier molecular flexibility index (Phi) is 28.8. The average Bonchev–Trinajstić information content (AvgIpc) is 2.50. The zero-order valence-corrected chi connectivity index (χ0v) is 53.7. The summed E-state index contributed by atoms with van der Waals surface area (Å²) in [7, 11) is 0. The largest absolute Gasteiger partial charge is 0.490 e. The van der Waals surface area contributed by atoms with E-state index in [1.54, 1.807) is 22.7 Å².